The van der Waals surface area contributed by atoms with E-state index in [-0.39, 0.29) is 12.6 Å². The summed E-state index contributed by atoms with van der Waals surface area (Å²) in [5, 5.41) is 2.81. The lowest BCUT2D eigenvalue weighted by atomic mass is 10.4. The second-order valence-electron chi connectivity index (χ2n) is 3.34. The van der Waals surface area contributed by atoms with E-state index in [0.29, 0.717) is 11.6 Å². The molecule has 3 N–H and O–H groups in total. The van der Waals surface area contributed by atoms with Gasteiger partial charge in [0.05, 0.1) is 12.6 Å². The molecule has 0 aliphatic heterocycles. The van der Waals surface area contributed by atoms with Gasteiger partial charge in [-0.15, -0.1) is 0 Å². The summed E-state index contributed by atoms with van der Waals surface area (Å²) in [4.78, 5) is 14.7. The van der Waals surface area contributed by atoms with Crippen molar-refractivity contribution in [2.24, 2.45) is 5.73 Å². The Kier molecular flexibility index (Phi) is 3.91. The van der Waals surface area contributed by atoms with Crippen molar-refractivity contribution < 1.29 is 9.53 Å². The number of pyridine rings is 1. The molecule has 0 fully saturated rings. The summed E-state index contributed by atoms with van der Waals surface area (Å²) in [7, 11) is 0. The monoisotopic (exact) mass is 209 g/mol. The van der Waals surface area contributed by atoms with Crippen molar-refractivity contribution in [1.82, 2.24) is 4.98 Å². The van der Waals surface area contributed by atoms with Crippen molar-refractivity contribution in [3.05, 3.63) is 18.3 Å². The topological polar surface area (TPSA) is 77.2 Å². The first kappa shape index (κ1) is 11.3. The molecule has 0 radical (unpaired) electrons. The predicted octanol–water partition coefficient (Wildman–Crippen LogP) is 0.766. The number of carbonyl (C=O) groups is 1. The largest absolute Gasteiger partial charge is 0.487 e. The third kappa shape index (κ3) is 3.84. The molecular formula is C10H15N3O2. The van der Waals surface area contributed by atoms with E-state index in [1.807, 2.05) is 13.8 Å². The number of primary amides is 1. The zero-order valence-electron chi connectivity index (χ0n) is 8.86. The van der Waals surface area contributed by atoms with Gasteiger partial charge >= 0.3 is 0 Å². The Morgan fingerprint density at radius 2 is 2.40 bits per heavy atom. The minimum Gasteiger partial charge on any atom is -0.487 e. The average Bonchev–Trinajstić information content (AvgIpc) is 2.15. The third-order valence-electron chi connectivity index (χ3n) is 1.56. The number of ether oxygens (including phenoxy) is 1. The van der Waals surface area contributed by atoms with Crippen LogP contribution in [-0.4, -0.2) is 23.5 Å². The number of anilines is 1. The van der Waals surface area contributed by atoms with Crippen LogP contribution in [0.25, 0.3) is 0 Å². The maximum atomic E-state index is 10.6. The Morgan fingerprint density at radius 3 is 3.00 bits per heavy atom. The van der Waals surface area contributed by atoms with Gasteiger partial charge in [-0.25, -0.2) is 4.98 Å². The molecule has 0 saturated carbocycles. The zero-order chi connectivity index (χ0) is 11.3. The third-order valence-corrected chi connectivity index (χ3v) is 1.56. The van der Waals surface area contributed by atoms with E-state index in [4.69, 9.17) is 10.5 Å². The maximum Gasteiger partial charge on any atom is 0.236 e. The smallest absolute Gasteiger partial charge is 0.236 e. The lowest BCUT2D eigenvalue weighted by molar-refractivity contribution is -0.116. The molecule has 0 spiro atoms. The molecule has 5 nitrogen and oxygen atoms in total. The average molecular weight is 209 g/mol. The fraction of sp³-hybridized carbons (Fsp3) is 0.400. The van der Waals surface area contributed by atoms with Crippen LogP contribution in [0.5, 0.6) is 5.75 Å². The van der Waals surface area contributed by atoms with Crippen LogP contribution in [0.4, 0.5) is 5.82 Å². The molecule has 5 heteroatoms. The molecule has 0 unspecified atom stereocenters. The number of amides is 1. The minimum atomic E-state index is -0.434. The number of hydrogen-bond acceptors (Lipinski definition) is 4. The van der Waals surface area contributed by atoms with Crippen LogP contribution >= 0.6 is 0 Å². The van der Waals surface area contributed by atoms with E-state index >= 15 is 0 Å². The summed E-state index contributed by atoms with van der Waals surface area (Å²) in [5.41, 5.74) is 5.02. The van der Waals surface area contributed by atoms with E-state index in [1.165, 1.54) is 0 Å². The molecule has 0 atom stereocenters. The van der Waals surface area contributed by atoms with Crippen LogP contribution in [0, 0.1) is 0 Å². The molecule has 1 amide bonds. The Morgan fingerprint density at radius 1 is 1.67 bits per heavy atom. The molecule has 1 aromatic heterocycles. The van der Waals surface area contributed by atoms with Crippen LogP contribution in [0.3, 0.4) is 0 Å². The zero-order valence-corrected chi connectivity index (χ0v) is 8.86. The van der Waals surface area contributed by atoms with Gasteiger partial charge in [-0.3, -0.25) is 4.79 Å². The molecular weight excluding hydrogens is 194 g/mol. The first-order valence-corrected chi connectivity index (χ1v) is 4.73. The summed E-state index contributed by atoms with van der Waals surface area (Å²) in [6.45, 7) is 3.89. The number of nitrogens with zero attached hydrogens (tertiary/aromatic N) is 1. The molecule has 1 rings (SSSR count). The van der Waals surface area contributed by atoms with Crippen LogP contribution in [0.1, 0.15) is 13.8 Å². The molecule has 1 heterocycles. The molecule has 0 saturated heterocycles. The molecule has 0 aliphatic carbocycles. The summed E-state index contributed by atoms with van der Waals surface area (Å²) >= 11 is 0. The van der Waals surface area contributed by atoms with Crippen molar-refractivity contribution in [3.63, 3.8) is 0 Å². The lowest BCUT2D eigenvalue weighted by Gasteiger charge is -2.13. The number of carbonyl (C=O) groups excluding carboxylic acids is 1. The minimum absolute atomic E-state index is 0.0471. The normalized spacial score (nSPS) is 10.1. The van der Waals surface area contributed by atoms with Crippen molar-refractivity contribution in [3.8, 4) is 5.75 Å². The highest BCUT2D eigenvalue weighted by atomic mass is 16.5. The molecule has 1 aromatic rings. The van der Waals surface area contributed by atoms with Crippen LogP contribution in [-0.2, 0) is 4.79 Å². The van der Waals surface area contributed by atoms with Gasteiger partial charge < -0.3 is 15.8 Å². The number of hydrogen-bond donors (Lipinski definition) is 2. The van der Waals surface area contributed by atoms with Gasteiger partial charge in [0.25, 0.3) is 0 Å². The fourth-order valence-corrected chi connectivity index (χ4v) is 1.04. The molecule has 0 aromatic carbocycles. The Balaban J connectivity index is 2.72. The fourth-order valence-electron chi connectivity index (χ4n) is 1.04. The summed E-state index contributed by atoms with van der Waals surface area (Å²) in [6, 6.07) is 3.56. The van der Waals surface area contributed by atoms with E-state index in [2.05, 4.69) is 10.3 Å². The van der Waals surface area contributed by atoms with Gasteiger partial charge in [0.2, 0.25) is 5.91 Å². The summed E-state index contributed by atoms with van der Waals surface area (Å²) < 4.78 is 5.50. The number of nitrogens with one attached hydrogen (secondary N) is 1. The van der Waals surface area contributed by atoms with Gasteiger partial charge in [0, 0.05) is 6.20 Å². The van der Waals surface area contributed by atoms with Crippen LogP contribution in [0.2, 0.25) is 0 Å². The number of aromatic nitrogens is 1. The SMILES string of the molecule is CC(C)Oc1cccnc1NCC(N)=O. The quantitative estimate of drug-likeness (QED) is 0.750. The van der Waals surface area contributed by atoms with E-state index in [0.717, 1.165) is 0 Å². The Labute approximate surface area is 88.6 Å². The number of rotatable bonds is 5. The van der Waals surface area contributed by atoms with Crippen molar-refractivity contribution >= 4 is 11.7 Å². The lowest BCUT2D eigenvalue weighted by Crippen LogP contribution is -2.22. The van der Waals surface area contributed by atoms with Gasteiger partial charge in [0.15, 0.2) is 11.6 Å². The first-order valence-electron chi connectivity index (χ1n) is 4.73. The molecule has 0 aliphatic rings. The summed E-state index contributed by atoms with van der Waals surface area (Å²) in [5.74, 6) is 0.718. The highest BCUT2D eigenvalue weighted by molar-refractivity contribution is 5.78. The van der Waals surface area contributed by atoms with E-state index < -0.39 is 5.91 Å². The highest BCUT2D eigenvalue weighted by Gasteiger charge is 2.06. The molecule has 82 valence electrons. The van der Waals surface area contributed by atoms with Gasteiger partial charge in [-0.1, -0.05) is 0 Å². The second-order valence-corrected chi connectivity index (χ2v) is 3.34. The Bertz CT molecular complexity index is 339. The first-order chi connectivity index (χ1) is 7.09. The van der Waals surface area contributed by atoms with Gasteiger partial charge in [-0.05, 0) is 26.0 Å². The highest BCUT2D eigenvalue weighted by Crippen LogP contribution is 2.21. The van der Waals surface area contributed by atoms with E-state index in [1.54, 1.807) is 18.3 Å². The van der Waals surface area contributed by atoms with Gasteiger partial charge in [0.1, 0.15) is 0 Å². The van der Waals surface area contributed by atoms with Crippen molar-refractivity contribution in [2.75, 3.05) is 11.9 Å². The van der Waals surface area contributed by atoms with Crippen molar-refractivity contribution in [2.45, 2.75) is 20.0 Å². The number of nitrogens with two attached hydrogens (primary N) is 1. The van der Waals surface area contributed by atoms with Crippen molar-refractivity contribution in [1.29, 1.82) is 0 Å². The maximum absolute atomic E-state index is 10.6. The second kappa shape index (κ2) is 5.19. The summed E-state index contributed by atoms with van der Waals surface area (Å²) in [6.07, 6.45) is 1.68. The Hall–Kier alpha value is -1.78. The van der Waals surface area contributed by atoms with Gasteiger partial charge in [-0.2, -0.15) is 0 Å². The van der Waals surface area contributed by atoms with Crippen LogP contribution in [0.15, 0.2) is 18.3 Å². The standard InChI is InChI=1S/C10H15N3O2/c1-7(2)15-8-4-3-5-12-10(8)13-6-9(11)14/h3-5,7H,6H2,1-2H3,(H2,11,14)(H,12,13). The van der Waals surface area contributed by atoms with Crippen LogP contribution < -0.4 is 15.8 Å². The molecule has 15 heavy (non-hydrogen) atoms. The van der Waals surface area contributed by atoms with E-state index in [9.17, 15) is 4.79 Å². The molecule has 0 bridgehead atoms. The predicted molar refractivity (Wildman–Crippen MR) is 57.7 cm³/mol.